The van der Waals surface area contributed by atoms with Crippen molar-refractivity contribution in [3.63, 3.8) is 0 Å². The second-order valence-electron chi connectivity index (χ2n) is 5.97. The summed E-state index contributed by atoms with van der Waals surface area (Å²) in [5.74, 6) is 0.248. The van der Waals surface area contributed by atoms with E-state index >= 15 is 0 Å². The van der Waals surface area contributed by atoms with Crippen LogP contribution in [0, 0.1) is 5.92 Å². The number of hydrogen-bond acceptors (Lipinski definition) is 4. The Labute approximate surface area is 137 Å². The summed E-state index contributed by atoms with van der Waals surface area (Å²) in [5.41, 5.74) is 6.38. The van der Waals surface area contributed by atoms with Crippen molar-refractivity contribution in [2.45, 2.75) is 19.4 Å². The van der Waals surface area contributed by atoms with Crippen molar-refractivity contribution in [3.8, 4) is 0 Å². The number of piperidine rings is 1. The molecule has 1 aliphatic heterocycles. The van der Waals surface area contributed by atoms with E-state index in [-0.39, 0.29) is 31.1 Å². The summed E-state index contributed by atoms with van der Waals surface area (Å²) in [4.78, 5) is 27.1. The molecule has 23 heavy (non-hydrogen) atoms. The van der Waals surface area contributed by atoms with E-state index in [2.05, 4.69) is 0 Å². The molecule has 1 aliphatic rings. The summed E-state index contributed by atoms with van der Waals surface area (Å²) in [6.07, 6.45) is 1.62. The van der Waals surface area contributed by atoms with Gasteiger partial charge in [-0.05, 0) is 24.3 Å². The molecule has 6 nitrogen and oxygen atoms in total. The lowest BCUT2D eigenvalue weighted by Gasteiger charge is -2.34. The van der Waals surface area contributed by atoms with Crippen LogP contribution < -0.4 is 5.73 Å². The predicted octanol–water partition coefficient (Wildman–Crippen LogP) is 1.45. The van der Waals surface area contributed by atoms with E-state index in [0.717, 1.165) is 24.9 Å². The number of hydrogen-bond donors (Lipinski definition) is 1. The third-order valence-electron chi connectivity index (χ3n) is 4.10. The first-order valence-corrected chi connectivity index (χ1v) is 7.99. The summed E-state index contributed by atoms with van der Waals surface area (Å²) in [6.45, 7) is 2.32. The van der Waals surface area contributed by atoms with Crippen LogP contribution in [0.4, 0.5) is 4.79 Å². The van der Waals surface area contributed by atoms with Crippen LogP contribution in [-0.4, -0.2) is 55.0 Å². The molecule has 0 aromatic heterocycles. The highest BCUT2D eigenvalue weighted by Gasteiger charge is 2.25. The molecule has 2 N–H and O–H groups in total. The molecule has 0 spiro atoms. The standard InChI is InChI=1S/C17H25N3O3/c1-19(17(22)23-13-14-6-3-2-4-7-14)11-15-8-5-9-20(12-15)16(21)10-18/h2-4,6-7,15H,5,8-13,18H2,1H3/t15-/m1/s1. The molecule has 1 fully saturated rings. The first-order chi connectivity index (χ1) is 11.1. The van der Waals surface area contributed by atoms with Crippen LogP contribution in [0.1, 0.15) is 18.4 Å². The van der Waals surface area contributed by atoms with Crippen LogP contribution in [0.25, 0.3) is 0 Å². The van der Waals surface area contributed by atoms with Crippen molar-refractivity contribution >= 4 is 12.0 Å². The number of rotatable bonds is 5. The van der Waals surface area contributed by atoms with Gasteiger partial charge in [0, 0.05) is 26.7 Å². The minimum atomic E-state index is -0.337. The molecule has 1 aromatic rings. The third kappa shape index (κ3) is 5.25. The Kier molecular flexibility index (Phi) is 6.40. The van der Waals surface area contributed by atoms with Crippen molar-refractivity contribution < 1.29 is 14.3 Å². The molecule has 6 heteroatoms. The van der Waals surface area contributed by atoms with Crippen molar-refractivity contribution in [2.75, 3.05) is 33.2 Å². The number of ether oxygens (including phenoxy) is 1. The fourth-order valence-corrected chi connectivity index (χ4v) is 2.86. The van der Waals surface area contributed by atoms with Gasteiger partial charge in [0.2, 0.25) is 5.91 Å². The number of carbonyl (C=O) groups is 2. The molecular formula is C17H25N3O3. The molecule has 0 aliphatic carbocycles. The monoisotopic (exact) mass is 319 g/mol. The van der Waals surface area contributed by atoms with E-state index < -0.39 is 0 Å². The minimum Gasteiger partial charge on any atom is -0.445 e. The summed E-state index contributed by atoms with van der Waals surface area (Å²) in [6, 6.07) is 9.60. The molecule has 0 bridgehead atoms. The number of amides is 2. The average Bonchev–Trinajstić information content (AvgIpc) is 2.60. The lowest BCUT2D eigenvalue weighted by molar-refractivity contribution is -0.131. The number of likely N-dealkylation sites (tertiary alicyclic amines) is 1. The highest BCUT2D eigenvalue weighted by molar-refractivity contribution is 5.78. The number of carbonyl (C=O) groups excluding carboxylic acids is 2. The quantitative estimate of drug-likeness (QED) is 0.891. The van der Waals surface area contributed by atoms with Gasteiger partial charge in [-0.3, -0.25) is 4.79 Å². The maximum Gasteiger partial charge on any atom is 0.409 e. The molecule has 0 radical (unpaired) electrons. The van der Waals surface area contributed by atoms with Crippen molar-refractivity contribution in [3.05, 3.63) is 35.9 Å². The zero-order valence-electron chi connectivity index (χ0n) is 13.6. The third-order valence-corrected chi connectivity index (χ3v) is 4.10. The second kappa shape index (κ2) is 8.53. The van der Waals surface area contributed by atoms with Crippen LogP contribution in [0.2, 0.25) is 0 Å². The highest BCUT2D eigenvalue weighted by Crippen LogP contribution is 2.17. The van der Waals surface area contributed by atoms with Crippen molar-refractivity contribution in [1.82, 2.24) is 9.80 Å². The Morgan fingerprint density at radius 1 is 1.35 bits per heavy atom. The van der Waals surface area contributed by atoms with Gasteiger partial charge in [0.05, 0.1) is 6.54 Å². The average molecular weight is 319 g/mol. The van der Waals surface area contributed by atoms with Crippen molar-refractivity contribution in [1.29, 1.82) is 0 Å². The van der Waals surface area contributed by atoms with Crippen molar-refractivity contribution in [2.24, 2.45) is 11.7 Å². The maximum absolute atomic E-state index is 12.1. The van der Waals surface area contributed by atoms with Gasteiger partial charge in [0.1, 0.15) is 6.61 Å². The smallest absolute Gasteiger partial charge is 0.409 e. The number of benzene rings is 1. The molecule has 1 atom stereocenters. The molecule has 1 heterocycles. The van der Waals surface area contributed by atoms with E-state index in [1.165, 1.54) is 0 Å². The molecule has 2 amide bonds. The fourth-order valence-electron chi connectivity index (χ4n) is 2.86. The maximum atomic E-state index is 12.1. The zero-order valence-corrected chi connectivity index (χ0v) is 13.6. The van der Waals surface area contributed by atoms with Crippen LogP contribution in [0.5, 0.6) is 0 Å². The Balaban J connectivity index is 1.77. The molecular weight excluding hydrogens is 294 g/mol. The van der Waals surface area contributed by atoms with Gasteiger partial charge >= 0.3 is 6.09 Å². The van der Waals surface area contributed by atoms with Crippen LogP contribution in [0.3, 0.4) is 0 Å². The van der Waals surface area contributed by atoms with E-state index in [1.807, 2.05) is 30.3 Å². The lowest BCUT2D eigenvalue weighted by Crippen LogP contribution is -2.46. The molecule has 1 aromatic carbocycles. The Morgan fingerprint density at radius 2 is 2.09 bits per heavy atom. The van der Waals surface area contributed by atoms with Gasteiger partial charge in [-0.2, -0.15) is 0 Å². The first-order valence-electron chi connectivity index (χ1n) is 7.99. The van der Waals surface area contributed by atoms with E-state index in [4.69, 9.17) is 10.5 Å². The molecule has 1 saturated heterocycles. The summed E-state index contributed by atoms with van der Waals surface area (Å²) in [7, 11) is 1.73. The van der Waals surface area contributed by atoms with Gasteiger partial charge in [0.15, 0.2) is 0 Å². The number of nitrogens with zero attached hydrogens (tertiary/aromatic N) is 2. The second-order valence-corrected chi connectivity index (χ2v) is 5.97. The van der Waals surface area contributed by atoms with Gasteiger partial charge in [-0.1, -0.05) is 30.3 Å². The van der Waals surface area contributed by atoms with Crippen LogP contribution in [0.15, 0.2) is 30.3 Å². The highest BCUT2D eigenvalue weighted by atomic mass is 16.6. The first kappa shape index (κ1) is 17.3. The Hall–Kier alpha value is -2.08. The summed E-state index contributed by atoms with van der Waals surface area (Å²) < 4.78 is 5.31. The Bertz CT molecular complexity index is 521. The SMILES string of the molecule is CN(C[C@H]1CCCN(C(=O)CN)C1)C(=O)OCc1ccccc1. The molecule has 0 saturated carbocycles. The lowest BCUT2D eigenvalue weighted by atomic mass is 9.97. The largest absolute Gasteiger partial charge is 0.445 e. The van der Waals surface area contributed by atoms with E-state index in [9.17, 15) is 9.59 Å². The van der Waals surface area contributed by atoms with Crippen LogP contribution >= 0.6 is 0 Å². The summed E-state index contributed by atoms with van der Waals surface area (Å²) >= 11 is 0. The fraction of sp³-hybridized carbons (Fsp3) is 0.529. The zero-order chi connectivity index (χ0) is 16.7. The van der Waals surface area contributed by atoms with E-state index in [1.54, 1.807) is 16.8 Å². The van der Waals surface area contributed by atoms with Crippen LogP contribution in [-0.2, 0) is 16.1 Å². The van der Waals surface area contributed by atoms with Gasteiger partial charge in [0.25, 0.3) is 0 Å². The molecule has 126 valence electrons. The minimum absolute atomic E-state index is 0.0241. The summed E-state index contributed by atoms with van der Waals surface area (Å²) in [5, 5.41) is 0. The van der Waals surface area contributed by atoms with Gasteiger partial charge in [-0.25, -0.2) is 4.79 Å². The number of nitrogens with two attached hydrogens (primary N) is 1. The predicted molar refractivity (Wildman–Crippen MR) is 87.6 cm³/mol. The Morgan fingerprint density at radius 3 is 2.78 bits per heavy atom. The topological polar surface area (TPSA) is 75.9 Å². The van der Waals surface area contributed by atoms with Gasteiger partial charge in [-0.15, -0.1) is 0 Å². The molecule has 2 rings (SSSR count). The van der Waals surface area contributed by atoms with Gasteiger partial charge < -0.3 is 20.3 Å². The van der Waals surface area contributed by atoms with E-state index in [0.29, 0.717) is 13.1 Å². The normalized spacial score (nSPS) is 17.7. The molecule has 0 unspecified atom stereocenters.